The number of ketones is 1. The third-order valence-electron chi connectivity index (χ3n) is 3.84. The number of thiazole rings is 1. The summed E-state index contributed by atoms with van der Waals surface area (Å²) in [6.45, 7) is 0. The summed E-state index contributed by atoms with van der Waals surface area (Å²) in [5.74, 6) is 0.225. The Hall–Kier alpha value is -1.26. The van der Waals surface area contributed by atoms with E-state index < -0.39 is 0 Å². The van der Waals surface area contributed by atoms with Gasteiger partial charge in [0.2, 0.25) is 0 Å². The van der Waals surface area contributed by atoms with Crippen LogP contribution in [-0.2, 0) is 11.2 Å². The molecule has 0 saturated heterocycles. The van der Waals surface area contributed by atoms with Crippen LogP contribution in [0.3, 0.4) is 0 Å². The molecular formula is C15H18N2OS. The topological polar surface area (TPSA) is 56.0 Å². The fraction of sp³-hybridized carbons (Fsp3) is 0.467. The van der Waals surface area contributed by atoms with Crippen LogP contribution in [0.5, 0.6) is 0 Å². The summed E-state index contributed by atoms with van der Waals surface area (Å²) in [5, 5.41) is 0.910. The van der Waals surface area contributed by atoms with Crippen molar-refractivity contribution in [2.45, 2.75) is 44.1 Å². The first-order chi connectivity index (χ1) is 9.15. The van der Waals surface area contributed by atoms with Gasteiger partial charge in [0.15, 0.2) is 0 Å². The van der Waals surface area contributed by atoms with Crippen molar-refractivity contribution in [3.8, 4) is 0 Å². The SMILES string of the molecule is NC1(CC(=O)Cc2nc3ccccc3s2)CCCC1. The highest BCUT2D eigenvalue weighted by molar-refractivity contribution is 7.18. The van der Waals surface area contributed by atoms with Crippen molar-refractivity contribution >= 4 is 27.3 Å². The maximum Gasteiger partial charge on any atom is 0.141 e. The Morgan fingerprint density at radius 2 is 2.05 bits per heavy atom. The number of fused-ring (bicyclic) bond motifs is 1. The molecule has 0 bridgehead atoms. The Balaban J connectivity index is 1.68. The second kappa shape index (κ2) is 5.02. The molecule has 0 aliphatic heterocycles. The first-order valence-corrected chi connectivity index (χ1v) is 7.61. The molecule has 0 radical (unpaired) electrons. The molecule has 1 aliphatic rings. The molecule has 1 aromatic heterocycles. The van der Waals surface area contributed by atoms with Gasteiger partial charge in [0.05, 0.1) is 16.6 Å². The van der Waals surface area contributed by atoms with E-state index in [2.05, 4.69) is 4.98 Å². The fourth-order valence-electron chi connectivity index (χ4n) is 2.88. The van der Waals surface area contributed by atoms with Gasteiger partial charge >= 0.3 is 0 Å². The van der Waals surface area contributed by atoms with E-state index in [1.807, 2.05) is 24.3 Å². The van der Waals surface area contributed by atoms with Gasteiger partial charge in [0, 0.05) is 12.0 Å². The van der Waals surface area contributed by atoms with Crippen molar-refractivity contribution in [1.29, 1.82) is 0 Å². The third kappa shape index (κ3) is 2.85. The molecule has 19 heavy (non-hydrogen) atoms. The molecule has 1 aliphatic carbocycles. The molecule has 1 aromatic carbocycles. The lowest BCUT2D eigenvalue weighted by atomic mass is 9.91. The average molecular weight is 274 g/mol. The number of hydrogen-bond acceptors (Lipinski definition) is 4. The highest BCUT2D eigenvalue weighted by Gasteiger charge is 2.31. The van der Waals surface area contributed by atoms with Crippen LogP contribution in [0.4, 0.5) is 0 Å². The van der Waals surface area contributed by atoms with Gasteiger partial charge in [0.25, 0.3) is 0 Å². The van der Waals surface area contributed by atoms with E-state index in [1.165, 1.54) is 0 Å². The lowest BCUT2D eigenvalue weighted by Gasteiger charge is -2.21. The van der Waals surface area contributed by atoms with Crippen molar-refractivity contribution < 1.29 is 4.79 Å². The van der Waals surface area contributed by atoms with Crippen molar-refractivity contribution in [2.75, 3.05) is 0 Å². The number of benzene rings is 1. The molecule has 0 unspecified atom stereocenters. The summed E-state index contributed by atoms with van der Waals surface area (Å²) in [6.07, 6.45) is 5.22. The Morgan fingerprint density at radius 3 is 2.79 bits per heavy atom. The molecule has 1 heterocycles. The van der Waals surface area contributed by atoms with Crippen molar-refractivity contribution in [1.82, 2.24) is 4.98 Å². The second-order valence-corrected chi connectivity index (χ2v) is 6.65. The van der Waals surface area contributed by atoms with Crippen LogP contribution in [-0.4, -0.2) is 16.3 Å². The predicted molar refractivity (Wildman–Crippen MR) is 78.3 cm³/mol. The number of nitrogens with zero attached hydrogens (tertiary/aromatic N) is 1. The molecule has 1 saturated carbocycles. The molecule has 0 spiro atoms. The van der Waals surface area contributed by atoms with Crippen molar-refractivity contribution in [3.05, 3.63) is 29.3 Å². The van der Waals surface area contributed by atoms with E-state index in [1.54, 1.807) is 11.3 Å². The quantitative estimate of drug-likeness (QED) is 0.932. The summed E-state index contributed by atoms with van der Waals surface area (Å²) in [4.78, 5) is 16.6. The minimum absolute atomic E-state index is 0.225. The monoisotopic (exact) mass is 274 g/mol. The van der Waals surface area contributed by atoms with E-state index in [0.717, 1.165) is 40.9 Å². The molecule has 1 fully saturated rings. The molecule has 3 rings (SSSR count). The van der Waals surface area contributed by atoms with Gasteiger partial charge in [-0.1, -0.05) is 25.0 Å². The summed E-state index contributed by atoms with van der Waals surface area (Å²) >= 11 is 1.61. The van der Waals surface area contributed by atoms with E-state index in [-0.39, 0.29) is 11.3 Å². The maximum atomic E-state index is 12.1. The van der Waals surface area contributed by atoms with Crippen molar-refractivity contribution in [3.63, 3.8) is 0 Å². The zero-order valence-electron chi connectivity index (χ0n) is 10.9. The van der Waals surface area contributed by atoms with Crippen LogP contribution < -0.4 is 5.73 Å². The number of hydrogen-bond donors (Lipinski definition) is 1. The number of carbonyl (C=O) groups is 1. The van der Waals surface area contributed by atoms with E-state index in [0.29, 0.717) is 12.8 Å². The summed E-state index contributed by atoms with van der Waals surface area (Å²) in [5.41, 5.74) is 6.99. The minimum Gasteiger partial charge on any atom is -0.325 e. The van der Waals surface area contributed by atoms with Crippen LogP contribution >= 0.6 is 11.3 Å². The first kappa shape index (κ1) is 12.8. The number of para-hydroxylation sites is 1. The number of Topliss-reactive ketones (excluding diaryl/α,β-unsaturated/α-hetero) is 1. The number of carbonyl (C=O) groups excluding carboxylic acids is 1. The van der Waals surface area contributed by atoms with E-state index in [9.17, 15) is 4.79 Å². The Kier molecular flexibility index (Phi) is 3.37. The molecule has 0 amide bonds. The molecule has 3 nitrogen and oxygen atoms in total. The van der Waals surface area contributed by atoms with Crippen LogP contribution in [0.2, 0.25) is 0 Å². The maximum absolute atomic E-state index is 12.1. The smallest absolute Gasteiger partial charge is 0.141 e. The summed E-state index contributed by atoms with van der Waals surface area (Å²) in [6, 6.07) is 8.00. The van der Waals surface area contributed by atoms with Crippen LogP contribution in [0.15, 0.2) is 24.3 Å². The molecule has 100 valence electrons. The largest absolute Gasteiger partial charge is 0.325 e. The van der Waals surface area contributed by atoms with Gasteiger partial charge in [0.1, 0.15) is 10.8 Å². The normalized spacial score (nSPS) is 17.9. The zero-order chi connectivity index (χ0) is 13.3. The highest BCUT2D eigenvalue weighted by atomic mass is 32.1. The lowest BCUT2D eigenvalue weighted by Crippen LogP contribution is -2.39. The minimum atomic E-state index is -0.242. The molecule has 2 aromatic rings. The van der Waals surface area contributed by atoms with Gasteiger partial charge in [-0.3, -0.25) is 4.79 Å². The lowest BCUT2D eigenvalue weighted by molar-refractivity contribution is -0.119. The second-order valence-electron chi connectivity index (χ2n) is 5.54. The van der Waals surface area contributed by atoms with E-state index >= 15 is 0 Å². The Morgan fingerprint density at radius 1 is 1.32 bits per heavy atom. The zero-order valence-corrected chi connectivity index (χ0v) is 11.7. The van der Waals surface area contributed by atoms with E-state index in [4.69, 9.17) is 5.73 Å². The van der Waals surface area contributed by atoms with Crippen LogP contribution in [0.25, 0.3) is 10.2 Å². The van der Waals surface area contributed by atoms with Crippen LogP contribution in [0.1, 0.15) is 37.1 Å². The van der Waals surface area contributed by atoms with Gasteiger partial charge in [-0.2, -0.15) is 0 Å². The Labute approximate surface area is 116 Å². The number of aromatic nitrogens is 1. The Bertz CT molecular complexity index is 566. The number of nitrogens with two attached hydrogens (primary N) is 1. The average Bonchev–Trinajstić information content (AvgIpc) is 2.94. The molecular weight excluding hydrogens is 256 g/mol. The van der Waals surface area contributed by atoms with Gasteiger partial charge < -0.3 is 5.73 Å². The fourth-order valence-corrected chi connectivity index (χ4v) is 3.87. The predicted octanol–water partition coefficient (Wildman–Crippen LogP) is 3.07. The first-order valence-electron chi connectivity index (χ1n) is 6.80. The van der Waals surface area contributed by atoms with Gasteiger partial charge in [-0.15, -0.1) is 11.3 Å². The molecule has 2 N–H and O–H groups in total. The highest BCUT2D eigenvalue weighted by Crippen LogP contribution is 2.31. The summed E-state index contributed by atoms with van der Waals surface area (Å²) in [7, 11) is 0. The third-order valence-corrected chi connectivity index (χ3v) is 4.87. The standard InChI is InChI=1S/C15H18N2OS/c16-15(7-3-4-8-15)10-11(18)9-14-17-12-5-1-2-6-13(12)19-14/h1-2,5-6H,3-4,7-10,16H2. The molecule has 0 atom stereocenters. The van der Waals surface area contributed by atoms with Crippen LogP contribution in [0, 0.1) is 0 Å². The summed E-state index contributed by atoms with van der Waals surface area (Å²) < 4.78 is 1.15. The van der Waals surface area contributed by atoms with Gasteiger partial charge in [-0.05, 0) is 25.0 Å². The van der Waals surface area contributed by atoms with Gasteiger partial charge in [-0.25, -0.2) is 4.98 Å². The van der Waals surface area contributed by atoms with Crippen molar-refractivity contribution in [2.24, 2.45) is 5.73 Å². The molecule has 4 heteroatoms. The number of rotatable bonds is 4.